The molecule has 0 bridgehead atoms. The van der Waals surface area contributed by atoms with Gasteiger partial charge in [-0.05, 0) is 0 Å². The van der Waals surface area contributed by atoms with Gasteiger partial charge >= 0.3 is 82.4 Å². The molecule has 0 aliphatic heterocycles. The molecule has 1 aromatic rings. The van der Waals surface area contributed by atoms with Crippen molar-refractivity contribution < 1.29 is 4.92 Å². The molecule has 0 saturated carbocycles. The molecule has 0 N–H and O–H groups in total. The summed E-state index contributed by atoms with van der Waals surface area (Å²) in [6.07, 6.45) is 1.86. The molecule has 0 saturated heterocycles. The Morgan fingerprint density at radius 3 is 2.54 bits per heavy atom. The summed E-state index contributed by atoms with van der Waals surface area (Å²) in [5.41, 5.74) is 0.151. The van der Waals surface area contributed by atoms with Gasteiger partial charge in [-0.3, -0.25) is 0 Å². The van der Waals surface area contributed by atoms with Gasteiger partial charge in [0.2, 0.25) is 0 Å². The number of allylic oxidation sites excluding steroid dienone is 1. The molecule has 0 aromatic heterocycles. The van der Waals surface area contributed by atoms with Gasteiger partial charge in [-0.1, -0.05) is 0 Å². The molecule has 68 valence electrons. The number of non-ortho nitro benzene ring substituents is 1. The van der Waals surface area contributed by atoms with Crippen molar-refractivity contribution in [2.24, 2.45) is 0 Å². The van der Waals surface area contributed by atoms with Gasteiger partial charge in [0.25, 0.3) is 0 Å². The van der Waals surface area contributed by atoms with Gasteiger partial charge in [-0.15, -0.1) is 0 Å². The second kappa shape index (κ2) is 4.80. The van der Waals surface area contributed by atoms with Gasteiger partial charge in [0.15, 0.2) is 0 Å². The van der Waals surface area contributed by atoms with Crippen LogP contribution in [0.4, 0.5) is 5.69 Å². The number of benzene rings is 1. The van der Waals surface area contributed by atoms with Crippen molar-refractivity contribution in [2.75, 3.05) is 0 Å². The molecule has 0 aliphatic carbocycles. The monoisotopic (exact) mass is 243 g/mol. The Morgan fingerprint density at radius 2 is 2.08 bits per heavy atom. The fraction of sp³-hybridized carbons (Fsp3) is 0.111. The van der Waals surface area contributed by atoms with Crippen LogP contribution in [0.15, 0.2) is 36.9 Å². The van der Waals surface area contributed by atoms with Crippen LogP contribution in [0.1, 0.15) is 0 Å². The summed E-state index contributed by atoms with van der Waals surface area (Å²) in [5.74, 6) is 0. The van der Waals surface area contributed by atoms with E-state index in [9.17, 15) is 10.1 Å². The number of nitrogens with zero attached hydrogens (tertiary/aromatic N) is 1. The van der Waals surface area contributed by atoms with Crippen LogP contribution in [0.2, 0.25) is 5.32 Å². The standard InChI is InChI=1S/C9H9NO2Se/c1-2-7-13-9-5-3-8(4-6-9)10(11)12/h2-6H,1,7H2. The first-order valence-corrected chi connectivity index (χ1v) is 5.79. The third kappa shape index (κ3) is 3.01. The van der Waals surface area contributed by atoms with E-state index in [1.165, 1.54) is 0 Å². The maximum atomic E-state index is 10.3. The Labute approximate surface area is 82.8 Å². The summed E-state index contributed by atoms with van der Waals surface area (Å²) < 4.78 is 1.16. The van der Waals surface area contributed by atoms with Crippen LogP contribution in [0, 0.1) is 10.1 Å². The van der Waals surface area contributed by atoms with Crippen molar-refractivity contribution >= 4 is 25.1 Å². The molecule has 1 rings (SSSR count). The van der Waals surface area contributed by atoms with Crippen LogP contribution in [-0.4, -0.2) is 19.9 Å². The van der Waals surface area contributed by atoms with Crippen molar-refractivity contribution in [3.63, 3.8) is 0 Å². The molecule has 4 heteroatoms. The normalized spacial score (nSPS) is 9.54. The molecule has 0 unspecified atom stereocenters. The van der Waals surface area contributed by atoms with Gasteiger partial charge < -0.3 is 0 Å². The zero-order chi connectivity index (χ0) is 9.68. The van der Waals surface area contributed by atoms with Gasteiger partial charge in [-0.2, -0.15) is 0 Å². The third-order valence-electron chi connectivity index (χ3n) is 1.42. The Kier molecular flexibility index (Phi) is 3.68. The average Bonchev–Trinajstić information content (AvgIpc) is 2.15. The van der Waals surface area contributed by atoms with E-state index in [4.69, 9.17) is 0 Å². The molecule has 0 fully saturated rings. The second-order valence-electron chi connectivity index (χ2n) is 2.35. The molecule has 0 amide bonds. The molecular formula is C9H9NO2Se. The topological polar surface area (TPSA) is 43.1 Å². The first kappa shape index (κ1) is 9.96. The van der Waals surface area contributed by atoms with E-state index < -0.39 is 0 Å². The van der Waals surface area contributed by atoms with E-state index in [2.05, 4.69) is 6.58 Å². The van der Waals surface area contributed by atoms with Crippen LogP contribution < -0.4 is 4.46 Å². The van der Waals surface area contributed by atoms with Crippen LogP contribution in [-0.2, 0) is 0 Å². The van der Waals surface area contributed by atoms with Crippen LogP contribution in [0.5, 0.6) is 0 Å². The first-order valence-electron chi connectivity index (χ1n) is 3.72. The summed E-state index contributed by atoms with van der Waals surface area (Å²) in [5, 5.41) is 11.3. The van der Waals surface area contributed by atoms with Crippen LogP contribution in [0.3, 0.4) is 0 Å². The number of hydrogen-bond donors (Lipinski definition) is 0. The zero-order valence-corrected chi connectivity index (χ0v) is 8.69. The molecule has 3 nitrogen and oxygen atoms in total. The van der Waals surface area contributed by atoms with Crippen molar-refractivity contribution in [1.29, 1.82) is 0 Å². The quantitative estimate of drug-likeness (QED) is 0.348. The minimum atomic E-state index is -0.385. The van der Waals surface area contributed by atoms with E-state index in [1.54, 1.807) is 12.1 Å². The fourth-order valence-corrected chi connectivity index (χ4v) is 2.16. The maximum absolute atomic E-state index is 10.3. The molecule has 0 radical (unpaired) electrons. The van der Waals surface area contributed by atoms with E-state index in [0.717, 1.165) is 9.78 Å². The van der Waals surface area contributed by atoms with Crippen molar-refractivity contribution in [2.45, 2.75) is 5.32 Å². The Balaban J connectivity index is 2.69. The predicted molar refractivity (Wildman–Crippen MR) is 53.5 cm³/mol. The summed E-state index contributed by atoms with van der Waals surface area (Å²) in [6, 6.07) is 6.70. The van der Waals surface area contributed by atoms with Crippen LogP contribution >= 0.6 is 0 Å². The average molecular weight is 242 g/mol. The Morgan fingerprint density at radius 1 is 1.46 bits per heavy atom. The minimum absolute atomic E-state index is 0.151. The van der Waals surface area contributed by atoms with Gasteiger partial charge in [-0.25, -0.2) is 0 Å². The number of rotatable bonds is 4. The molecule has 0 aliphatic rings. The SMILES string of the molecule is C=CC[Se]c1ccc([N+](=O)[O-])cc1. The van der Waals surface area contributed by atoms with E-state index in [-0.39, 0.29) is 10.6 Å². The zero-order valence-electron chi connectivity index (χ0n) is 6.97. The van der Waals surface area contributed by atoms with E-state index >= 15 is 0 Å². The molecule has 13 heavy (non-hydrogen) atoms. The Bertz CT molecular complexity index is 308. The fourth-order valence-electron chi connectivity index (χ4n) is 0.819. The third-order valence-corrected chi connectivity index (χ3v) is 3.53. The molecule has 0 spiro atoms. The summed E-state index contributed by atoms with van der Waals surface area (Å²) >= 11 is 0.358. The molecule has 0 heterocycles. The predicted octanol–water partition coefficient (Wildman–Crippen LogP) is 1.53. The number of nitro groups is 1. The summed E-state index contributed by atoms with van der Waals surface area (Å²) in [4.78, 5) is 9.94. The molecule has 0 atom stereocenters. The van der Waals surface area contributed by atoms with E-state index in [0.29, 0.717) is 15.0 Å². The summed E-state index contributed by atoms with van der Waals surface area (Å²) in [6.45, 7) is 3.63. The first-order chi connectivity index (χ1) is 6.24. The van der Waals surface area contributed by atoms with Crippen molar-refractivity contribution in [1.82, 2.24) is 0 Å². The van der Waals surface area contributed by atoms with Gasteiger partial charge in [0, 0.05) is 0 Å². The van der Waals surface area contributed by atoms with Gasteiger partial charge in [0.1, 0.15) is 0 Å². The van der Waals surface area contributed by atoms with Crippen molar-refractivity contribution in [3.8, 4) is 0 Å². The second-order valence-corrected chi connectivity index (χ2v) is 4.64. The Hall–Kier alpha value is -1.12. The molecular weight excluding hydrogens is 233 g/mol. The van der Waals surface area contributed by atoms with E-state index in [1.807, 2.05) is 18.2 Å². The molecule has 1 aromatic carbocycles. The number of hydrogen-bond acceptors (Lipinski definition) is 2. The van der Waals surface area contributed by atoms with Gasteiger partial charge in [0.05, 0.1) is 0 Å². The van der Waals surface area contributed by atoms with Crippen LogP contribution in [0.25, 0.3) is 0 Å². The number of nitro benzene ring substituents is 1. The summed E-state index contributed by atoms with van der Waals surface area (Å²) in [7, 11) is 0. The van der Waals surface area contributed by atoms with Crippen molar-refractivity contribution in [3.05, 3.63) is 47.0 Å².